The van der Waals surface area contributed by atoms with E-state index < -0.39 is 5.60 Å². The van der Waals surface area contributed by atoms with Gasteiger partial charge in [0.25, 0.3) is 0 Å². The Bertz CT molecular complexity index is 344. The fourth-order valence-corrected chi connectivity index (χ4v) is 2.30. The first kappa shape index (κ1) is 15.7. The molecule has 0 aromatic rings. The zero-order valence-corrected chi connectivity index (χ0v) is 12.4. The Hall–Kier alpha value is -1.32. The van der Waals surface area contributed by atoms with Gasteiger partial charge in [-0.15, -0.1) is 0 Å². The monoisotopic (exact) mass is 267 g/mol. The van der Waals surface area contributed by atoms with E-state index in [4.69, 9.17) is 4.74 Å². The molecule has 0 N–H and O–H groups in total. The molecule has 1 rings (SSSR count). The number of hydrogen-bond donors (Lipinski definition) is 0. The van der Waals surface area contributed by atoms with Gasteiger partial charge < -0.3 is 14.4 Å². The number of carbonyl (C=O) groups excluding carboxylic acids is 2. The highest BCUT2D eigenvalue weighted by Gasteiger charge is 2.35. The summed E-state index contributed by atoms with van der Waals surface area (Å²) in [6.45, 7) is 8.25. The van der Waals surface area contributed by atoms with Crippen molar-refractivity contribution in [2.75, 3.05) is 6.54 Å². The highest BCUT2D eigenvalue weighted by Crippen LogP contribution is 2.26. The van der Waals surface area contributed by atoms with Crippen molar-refractivity contribution in [3.63, 3.8) is 0 Å². The summed E-state index contributed by atoms with van der Waals surface area (Å²) >= 11 is 0. The average Bonchev–Trinajstić information content (AvgIpc) is 2.77. The SMILES string of the molecule is CC/C=C/[C@@H](C=O)[C@@H]1CCCN1C(=O)OC(C)(C)C. The van der Waals surface area contributed by atoms with Crippen LogP contribution in [0, 0.1) is 5.92 Å². The molecular formula is C15H25NO3. The van der Waals surface area contributed by atoms with E-state index in [0.717, 1.165) is 25.5 Å². The molecule has 4 nitrogen and oxygen atoms in total. The first-order chi connectivity index (χ1) is 8.89. The topological polar surface area (TPSA) is 46.6 Å². The lowest BCUT2D eigenvalue weighted by Gasteiger charge is -2.30. The van der Waals surface area contributed by atoms with Crippen molar-refractivity contribution in [1.82, 2.24) is 4.90 Å². The largest absolute Gasteiger partial charge is 0.444 e. The summed E-state index contributed by atoms with van der Waals surface area (Å²) in [4.78, 5) is 25.0. The maximum absolute atomic E-state index is 12.1. The van der Waals surface area contributed by atoms with Crippen molar-refractivity contribution < 1.29 is 14.3 Å². The normalized spacial score (nSPS) is 21.7. The second-order valence-corrected chi connectivity index (χ2v) is 5.93. The van der Waals surface area contributed by atoms with Crippen LogP contribution in [-0.2, 0) is 9.53 Å². The molecule has 0 aromatic carbocycles. The molecule has 1 heterocycles. The average molecular weight is 267 g/mol. The van der Waals surface area contributed by atoms with Gasteiger partial charge in [-0.3, -0.25) is 0 Å². The molecule has 1 aliphatic rings. The van der Waals surface area contributed by atoms with Crippen LogP contribution in [0.3, 0.4) is 0 Å². The van der Waals surface area contributed by atoms with E-state index in [1.165, 1.54) is 0 Å². The van der Waals surface area contributed by atoms with Crippen molar-refractivity contribution in [2.45, 2.75) is 58.6 Å². The van der Waals surface area contributed by atoms with Crippen molar-refractivity contribution >= 4 is 12.4 Å². The third kappa shape index (κ3) is 4.69. The molecular weight excluding hydrogens is 242 g/mol. The third-order valence-electron chi connectivity index (χ3n) is 3.12. The molecule has 1 aliphatic heterocycles. The summed E-state index contributed by atoms with van der Waals surface area (Å²) < 4.78 is 5.40. The number of nitrogens with zero attached hydrogens (tertiary/aromatic N) is 1. The van der Waals surface area contributed by atoms with Gasteiger partial charge in [0.1, 0.15) is 11.9 Å². The molecule has 0 unspecified atom stereocenters. The zero-order valence-electron chi connectivity index (χ0n) is 12.4. The van der Waals surface area contributed by atoms with Crippen LogP contribution >= 0.6 is 0 Å². The van der Waals surface area contributed by atoms with Crippen LogP contribution in [0.4, 0.5) is 4.79 Å². The van der Waals surface area contributed by atoms with Crippen molar-refractivity contribution in [3.05, 3.63) is 12.2 Å². The highest BCUT2D eigenvalue weighted by atomic mass is 16.6. The van der Waals surface area contributed by atoms with Gasteiger partial charge in [-0.1, -0.05) is 19.1 Å². The predicted molar refractivity (Wildman–Crippen MR) is 74.9 cm³/mol. The predicted octanol–water partition coefficient (Wildman–Crippen LogP) is 3.17. The zero-order chi connectivity index (χ0) is 14.5. The van der Waals surface area contributed by atoms with Crippen LogP contribution in [0.2, 0.25) is 0 Å². The molecule has 1 fully saturated rings. The van der Waals surface area contributed by atoms with Crippen LogP contribution in [-0.4, -0.2) is 35.5 Å². The van der Waals surface area contributed by atoms with Crippen molar-refractivity contribution in [2.24, 2.45) is 5.92 Å². The molecule has 0 spiro atoms. The Labute approximate surface area is 115 Å². The molecule has 2 atom stereocenters. The summed E-state index contributed by atoms with van der Waals surface area (Å²) in [5, 5.41) is 0. The minimum Gasteiger partial charge on any atom is -0.444 e. The minimum absolute atomic E-state index is 0.0600. The number of hydrogen-bond acceptors (Lipinski definition) is 3. The lowest BCUT2D eigenvalue weighted by molar-refractivity contribution is -0.111. The maximum Gasteiger partial charge on any atom is 0.410 e. The van der Waals surface area contributed by atoms with E-state index in [1.54, 1.807) is 4.90 Å². The number of likely N-dealkylation sites (tertiary alicyclic amines) is 1. The molecule has 0 aromatic heterocycles. The molecule has 1 saturated heterocycles. The number of amides is 1. The molecule has 108 valence electrons. The van der Waals surface area contributed by atoms with Gasteiger partial charge in [-0.25, -0.2) is 4.79 Å². The number of rotatable bonds is 4. The molecule has 0 saturated carbocycles. The van der Waals surface area contributed by atoms with Gasteiger partial charge in [0, 0.05) is 12.6 Å². The van der Waals surface area contributed by atoms with Gasteiger partial charge in [-0.05, 0) is 40.0 Å². The first-order valence-electron chi connectivity index (χ1n) is 7.00. The molecule has 0 radical (unpaired) electrons. The Kier molecular flexibility index (Phi) is 5.58. The summed E-state index contributed by atoms with van der Waals surface area (Å²) in [5.74, 6) is -0.227. The second-order valence-electron chi connectivity index (χ2n) is 5.93. The quantitative estimate of drug-likeness (QED) is 0.580. The molecule has 1 amide bonds. The van der Waals surface area contributed by atoms with Crippen molar-refractivity contribution in [3.8, 4) is 0 Å². The number of carbonyl (C=O) groups is 2. The van der Waals surface area contributed by atoms with Crippen LogP contribution in [0.25, 0.3) is 0 Å². The lowest BCUT2D eigenvalue weighted by atomic mass is 9.98. The van der Waals surface area contributed by atoms with Gasteiger partial charge in [0.2, 0.25) is 0 Å². The van der Waals surface area contributed by atoms with Crippen LogP contribution in [0.5, 0.6) is 0 Å². The van der Waals surface area contributed by atoms with Gasteiger partial charge in [0.05, 0.1) is 5.92 Å². The fraction of sp³-hybridized carbons (Fsp3) is 0.733. The Balaban J connectivity index is 2.74. The van der Waals surface area contributed by atoms with Crippen LogP contribution < -0.4 is 0 Å². The molecule has 0 bridgehead atoms. The first-order valence-corrected chi connectivity index (χ1v) is 7.00. The molecule has 4 heteroatoms. The summed E-state index contributed by atoms with van der Waals surface area (Å²) in [7, 11) is 0. The molecule has 0 aliphatic carbocycles. The van der Waals surface area contributed by atoms with E-state index in [-0.39, 0.29) is 18.1 Å². The van der Waals surface area contributed by atoms with Gasteiger partial charge in [-0.2, -0.15) is 0 Å². The summed E-state index contributed by atoms with van der Waals surface area (Å²) in [6, 6.07) is -0.0600. The summed E-state index contributed by atoms with van der Waals surface area (Å²) in [5.41, 5.74) is -0.500. The van der Waals surface area contributed by atoms with Crippen LogP contribution in [0.15, 0.2) is 12.2 Å². The Morgan fingerprint density at radius 2 is 2.16 bits per heavy atom. The highest BCUT2D eigenvalue weighted by molar-refractivity contribution is 5.70. The smallest absolute Gasteiger partial charge is 0.410 e. The maximum atomic E-state index is 12.1. The number of allylic oxidation sites excluding steroid dienone is 1. The Morgan fingerprint density at radius 3 is 2.68 bits per heavy atom. The standard InChI is InChI=1S/C15H25NO3/c1-5-6-8-12(11-17)13-9-7-10-16(13)14(18)19-15(2,3)4/h6,8,11-13H,5,7,9-10H2,1-4H3/b8-6+/t12-,13-/m0/s1. The van der Waals surface area contributed by atoms with E-state index >= 15 is 0 Å². The summed E-state index contributed by atoms with van der Waals surface area (Å²) in [6.07, 6.45) is 7.17. The van der Waals surface area contributed by atoms with Gasteiger partial charge in [0.15, 0.2) is 0 Å². The van der Waals surface area contributed by atoms with E-state index in [0.29, 0.717) is 6.54 Å². The van der Waals surface area contributed by atoms with Gasteiger partial charge >= 0.3 is 6.09 Å². The van der Waals surface area contributed by atoms with E-state index in [1.807, 2.05) is 39.8 Å². The van der Waals surface area contributed by atoms with Crippen molar-refractivity contribution in [1.29, 1.82) is 0 Å². The second kappa shape index (κ2) is 6.73. The minimum atomic E-state index is -0.500. The number of ether oxygens (including phenoxy) is 1. The lowest BCUT2D eigenvalue weighted by Crippen LogP contribution is -2.43. The van der Waals surface area contributed by atoms with E-state index in [9.17, 15) is 9.59 Å². The van der Waals surface area contributed by atoms with E-state index in [2.05, 4.69) is 0 Å². The third-order valence-corrected chi connectivity index (χ3v) is 3.12. The number of aldehydes is 1. The molecule has 19 heavy (non-hydrogen) atoms. The Morgan fingerprint density at radius 1 is 1.47 bits per heavy atom. The van der Waals surface area contributed by atoms with Crippen LogP contribution in [0.1, 0.15) is 47.0 Å². The fourth-order valence-electron chi connectivity index (χ4n) is 2.30.